The van der Waals surface area contributed by atoms with Crippen LogP contribution in [0, 0.1) is 12.8 Å². The van der Waals surface area contributed by atoms with Gasteiger partial charge in [0, 0.05) is 36.9 Å². The fraction of sp³-hybridized carbons (Fsp3) is 0.478. The third kappa shape index (κ3) is 4.88. The van der Waals surface area contributed by atoms with Crippen molar-refractivity contribution < 1.29 is 14.4 Å². The lowest BCUT2D eigenvalue weighted by Gasteiger charge is -2.40. The third-order valence-corrected chi connectivity index (χ3v) is 6.76. The van der Waals surface area contributed by atoms with E-state index in [0.717, 1.165) is 12.1 Å². The Morgan fingerprint density at radius 1 is 1.15 bits per heavy atom. The number of aryl methyl sites for hydroxylation is 1. The van der Waals surface area contributed by atoms with Gasteiger partial charge in [0.05, 0.1) is 18.4 Å². The fourth-order valence-electron chi connectivity index (χ4n) is 4.30. The molecule has 182 valence electrons. The first-order valence-electron chi connectivity index (χ1n) is 11.5. The number of hydrogen-bond acceptors (Lipinski definition) is 5. The lowest BCUT2D eigenvalue weighted by molar-refractivity contribution is -0.138. The first-order chi connectivity index (χ1) is 16.3. The molecule has 1 saturated heterocycles. The molecule has 34 heavy (non-hydrogen) atoms. The molecule has 2 aliphatic rings. The monoisotopic (exact) mass is 487 g/mol. The first kappa shape index (κ1) is 24.0. The van der Waals surface area contributed by atoms with Gasteiger partial charge in [-0.3, -0.25) is 9.80 Å². The third-order valence-electron chi connectivity index (χ3n) is 6.51. The molecule has 11 heteroatoms. The second kappa shape index (κ2) is 10.0. The molecular weight excluding hydrogens is 458 g/mol. The van der Waals surface area contributed by atoms with Crippen molar-refractivity contribution in [2.24, 2.45) is 5.92 Å². The van der Waals surface area contributed by atoms with Crippen molar-refractivity contribution in [1.82, 2.24) is 29.8 Å². The number of piperazine rings is 1. The Hall–Kier alpha value is -3.11. The molecule has 1 fully saturated rings. The van der Waals surface area contributed by atoms with Crippen LogP contribution in [0.5, 0.6) is 0 Å². The molecule has 0 bridgehead atoms. The van der Waals surface area contributed by atoms with E-state index in [0.29, 0.717) is 49.3 Å². The van der Waals surface area contributed by atoms with Crippen molar-refractivity contribution in [3.8, 4) is 0 Å². The molecule has 2 aromatic rings. The Labute approximate surface area is 203 Å². The second-order valence-electron chi connectivity index (χ2n) is 8.72. The summed E-state index contributed by atoms with van der Waals surface area (Å²) in [5, 5.41) is 9.89. The molecule has 0 radical (unpaired) electrons. The maximum atomic E-state index is 13.4. The van der Waals surface area contributed by atoms with E-state index in [1.165, 1.54) is 0 Å². The number of nitrogens with zero attached hydrogens (tertiary/aromatic N) is 5. The van der Waals surface area contributed by atoms with Crippen LogP contribution in [0.15, 0.2) is 30.5 Å². The Morgan fingerprint density at radius 3 is 2.44 bits per heavy atom. The zero-order chi connectivity index (χ0) is 24.4. The molecule has 4 amide bonds. The summed E-state index contributed by atoms with van der Waals surface area (Å²) in [6, 6.07) is 5.59. The van der Waals surface area contributed by atoms with E-state index in [1.807, 2.05) is 25.8 Å². The number of carbonyl (C=O) groups is 3. The van der Waals surface area contributed by atoms with Crippen molar-refractivity contribution in [2.75, 3.05) is 31.5 Å². The van der Waals surface area contributed by atoms with E-state index in [-0.39, 0.29) is 17.9 Å². The summed E-state index contributed by atoms with van der Waals surface area (Å²) in [5.74, 6) is 0.526. The molecule has 0 unspecified atom stereocenters. The first-order valence-corrected chi connectivity index (χ1v) is 11.9. The summed E-state index contributed by atoms with van der Waals surface area (Å²) in [6.45, 7) is 8.27. The van der Waals surface area contributed by atoms with Gasteiger partial charge in [-0.15, -0.1) is 0 Å². The highest BCUT2D eigenvalue weighted by Crippen LogP contribution is 2.22. The molecule has 0 saturated carbocycles. The van der Waals surface area contributed by atoms with Crippen molar-refractivity contribution in [3.63, 3.8) is 0 Å². The molecule has 0 aliphatic carbocycles. The zero-order valence-electron chi connectivity index (χ0n) is 19.6. The number of nitrogens with one attached hydrogen (secondary N) is 2. The number of aromatic nitrogens is 2. The van der Waals surface area contributed by atoms with Crippen LogP contribution in [0.4, 0.5) is 15.3 Å². The van der Waals surface area contributed by atoms with E-state index in [1.54, 1.807) is 44.9 Å². The lowest BCUT2D eigenvalue weighted by atomic mass is 9.97. The van der Waals surface area contributed by atoms with Crippen molar-refractivity contribution in [1.29, 1.82) is 0 Å². The number of carbonyl (C=O) groups excluding carboxylic acids is 3. The number of hydrazine groups is 1. The second-order valence-corrected chi connectivity index (χ2v) is 9.16. The van der Waals surface area contributed by atoms with Crippen LogP contribution < -0.4 is 10.6 Å². The van der Waals surface area contributed by atoms with Gasteiger partial charge in [-0.2, -0.15) is 0 Å². The van der Waals surface area contributed by atoms with Gasteiger partial charge in [0.25, 0.3) is 0 Å². The molecule has 1 aromatic carbocycles. The predicted octanol–water partition coefficient (Wildman–Crippen LogP) is 2.92. The van der Waals surface area contributed by atoms with Crippen LogP contribution in [-0.2, 0) is 11.3 Å². The molecule has 2 atom stereocenters. The van der Waals surface area contributed by atoms with E-state index >= 15 is 0 Å². The Morgan fingerprint density at radius 2 is 1.82 bits per heavy atom. The standard InChI is InChI=1S/C23H30ClN7O3/c1-4-15(2)20(27-22(33)26-18-7-5-17(24)6-8-18)21(32)28-9-11-29(12-10-28)30-14-19-13-25-16(3)31(19)23(30)34/h5-8,13,15,20H,4,9-12,14H2,1-3H3,(H2,26,27,33)/t15-,20+/m0/s1. The van der Waals surface area contributed by atoms with Crippen LogP contribution in [0.1, 0.15) is 31.8 Å². The molecule has 10 nitrogen and oxygen atoms in total. The number of fused-ring (bicyclic) bond motifs is 1. The minimum Gasteiger partial charge on any atom is -0.338 e. The number of imidazole rings is 1. The van der Waals surface area contributed by atoms with Gasteiger partial charge in [-0.1, -0.05) is 31.9 Å². The van der Waals surface area contributed by atoms with Crippen molar-refractivity contribution in [2.45, 2.75) is 39.8 Å². The minimum absolute atomic E-state index is 0.0389. The van der Waals surface area contributed by atoms with Gasteiger partial charge in [0.2, 0.25) is 5.91 Å². The van der Waals surface area contributed by atoms with Crippen molar-refractivity contribution >= 4 is 35.3 Å². The van der Waals surface area contributed by atoms with E-state index in [9.17, 15) is 14.4 Å². The number of halogens is 1. The number of amides is 4. The largest absolute Gasteiger partial charge is 0.344 e. The highest BCUT2D eigenvalue weighted by molar-refractivity contribution is 6.30. The quantitative estimate of drug-likeness (QED) is 0.652. The van der Waals surface area contributed by atoms with Gasteiger partial charge in [-0.05, 0) is 37.1 Å². The predicted molar refractivity (Wildman–Crippen MR) is 128 cm³/mol. The topological polar surface area (TPSA) is 103 Å². The summed E-state index contributed by atoms with van der Waals surface area (Å²) < 4.78 is 1.62. The van der Waals surface area contributed by atoms with Crippen molar-refractivity contribution in [3.05, 3.63) is 47.0 Å². The molecule has 2 N–H and O–H groups in total. The van der Waals surface area contributed by atoms with E-state index in [4.69, 9.17) is 11.6 Å². The number of anilines is 1. The smallest absolute Gasteiger partial charge is 0.338 e. The Balaban J connectivity index is 1.35. The van der Waals surface area contributed by atoms with Gasteiger partial charge >= 0.3 is 12.1 Å². The van der Waals surface area contributed by atoms with Crippen LogP contribution in [0.25, 0.3) is 0 Å². The summed E-state index contributed by atoms with van der Waals surface area (Å²) in [7, 11) is 0. The van der Waals surface area contributed by atoms with E-state index in [2.05, 4.69) is 15.6 Å². The van der Waals surface area contributed by atoms with Crippen LogP contribution >= 0.6 is 11.6 Å². The Kier molecular flexibility index (Phi) is 7.08. The zero-order valence-corrected chi connectivity index (χ0v) is 20.4. The number of urea groups is 1. The maximum absolute atomic E-state index is 13.4. The molecule has 1 aromatic heterocycles. The number of benzene rings is 1. The molecule has 4 rings (SSSR count). The van der Waals surface area contributed by atoms with Gasteiger partial charge in [0.1, 0.15) is 11.9 Å². The van der Waals surface area contributed by atoms with E-state index < -0.39 is 12.1 Å². The molecule has 0 spiro atoms. The highest BCUT2D eigenvalue weighted by Gasteiger charge is 2.37. The summed E-state index contributed by atoms with van der Waals surface area (Å²) >= 11 is 5.90. The fourth-order valence-corrected chi connectivity index (χ4v) is 4.43. The van der Waals surface area contributed by atoms with Crippen LogP contribution in [-0.4, -0.2) is 74.7 Å². The van der Waals surface area contributed by atoms with Gasteiger partial charge in [0.15, 0.2) is 0 Å². The van der Waals surface area contributed by atoms with Gasteiger partial charge in [-0.25, -0.2) is 24.1 Å². The average Bonchev–Trinajstić information content (AvgIpc) is 3.37. The van der Waals surface area contributed by atoms with Gasteiger partial charge < -0.3 is 15.5 Å². The molecule has 2 aliphatic heterocycles. The molecule has 3 heterocycles. The Bertz CT molecular complexity index is 1060. The van der Waals surface area contributed by atoms with Crippen LogP contribution in [0.3, 0.4) is 0 Å². The number of hydrogen-bond donors (Lipinski definition) is 2. The highest BCUT2D eigenvalue weighted by atomic mass is 35.5. The SMILES string of the molecule is CC[C@H](C)[C@@H](NC(=O)Nc1ccc(Cl)cc1)C(=O)N1CCN(N2Cc3cnc(C)n3C2=O)CC1. The summed E-state index contributed by atoms with van der Waals surface area (Å²) in [5.41, 5.74) is 1.46. The maximum Gasteiger partial charge on any atom is 0.344 e. The molecular formula is C23H30ClN7O3. The normalized spacial score (nSPS) is 17.9. The summed E-state index contributed by atoms with van der Waals surface area (Å²) in [6.07, 6.45) is 2.47. The number of rotatable bonds is 6. The summed E-state index contributed by atoms with van der Waals surface area (Å²) in [4.78, 5) is 44.7. The van der Waals surface area contributed by atoms with Crippen LogP contribution in [0.2, 0.25) is 5.02 Å². The lowest BCUT2D eigenvalue weighted by Crippen LogP contribution is -2.59. The minimum atomic E-state index is -0.647. The average molecular weight is 488 g/mol.